The Morgan fingerprint density at radius 3 is 2.45 bits per heavy atom. The van der Waals surface area contributed by atoms with Crippen LogP contribution in [0.1, 0.15) is 28.8 Å². The van der Waals surface area contributed by atoms with Gasteiger partial charge in [-0.2, -0.15) is 0 Å². The van der Waals surface area contributed by atoms with Crippen molar-refractivity contribution in [2.45, 2.75) is 12.8 Å². The molecule has 0 aliphatic carbocycles. The minimum absolute atomic E-state index is 0.0959. The maximum Gasteiger partial charge on any atom is 0.303 e. The molecule has 0 radical (unpaired) electrons. The van der Waals surface area contributed by atoms with Crippen LogP contribution in [0.15, 0.2) is 60.3 Å². The van der Waals surface area contributed by atoms with Gasteiger partial charge in [-0.1, -0.05) is 30.3 Å². The molecule has 3 N–H and O–H groups in total. The third-order valence-electron chi connectivity index (χ3n) is 3.77. The van der Waals surface area contributed by atoms with Gasteiger partial charge in [-0.05, 0) is 30.2 Å². The SMILES string of the molecule is O=C(O)CCCNC(=O)/C(=C\c1cccc([N+](=O)[O-])c1)NC(=O)c1ccccc1. The van der Waals surface area contributed by atoms with Crippen molar-refractivity contribution in [1.29, 1.82) is 0 Å². The van der Waals surface area contributed by atoms with E-state index in [1.807, 2.05) is 0 Å². The number of carbonyl (C=O) groups is 3. The average Bonchev–Trinajstić information content (AvgIpc) is 2.71. The molecule has 0 saturated heterocycles. The van der Waals surface area contributed by atoms with Gasteiger partial charge in [0.2, 0.25) is 0 Å². The Hall–Kier alpha value is -4.01. The number of nitro groups is 1. The summed E-state index contributed by atoms with van der Waals surface area (Å²) in [5, 5.41) is 24.7. The minimum atomic E-state index is -0.982. The lowest BCUT2D eigenvalue weighted by molar-refractivity contribution is -0.384. The van der Waals surface area contributed by atoms with E-state index in [-0.39, 0.29) is 30.8 Å². The molecule has 150 valence electrons. The Kier molecular flexibility index (Phi) is 7.60. The second kappa shape index (κ2) is 10.4. The number of carboxylic acids is 1. The van der Waals surface area contributed by atoms with E-state index in [0.29, 0.717) is 11.1 Å². The summed E-state index contributed by atoms with van der Waals surface area (Å²) in [6, 6.07) is 13.8. The lowest BCUT2D eigenvalue weighted by Gasteiger charge is -2.11. The van der Waals surface area contributed by atoms with Gasteiger partial charge in [0, 0.05) is 30.7 Å². The zero-order valence-electron chi connectivity index (χ0n) is 15.3. The molecule has 0 aliphatic rings. The van der Waals surface area contributed by atoms with Crippen molar-refractivity contribution < 1.29 is 24.4 Å². The second-order valence-corrected chi connectivity index (χ2v) is 5.98. The number of nitro benzene ring substituents is 1. The molecule has 0 heterocycles. The minimum Gasteiger partial charge on any atom is -0.481 e. The van der Waals surface area contributed by atoms with E-state index < -0.39 is 22.7 Å². The van der Waals surface area contributed by atoms with Crippen molar-refractivity contribution in [3.8, 4) is 0 Å². The first-order valence-corrected chi connectivity index (χ1v) is 8.69. The lowest BCUT2D eigenvalue weighted by atomic mass is 10.1. The average molecular weight is 397 g/mol. The standard InChI is InChI=1S/C20H19N3O6/c24-18(25)10-5-11-21-20(27)17(22-19(26)15-7-2-1-3-8-15)13-14-6-4-9-16(12-14)23(28)29/h1-4,6-9,12-13H,5,10-11H2,(H,21,27)(H,22,26)(H,24,25)/b17-13+. The quantitative estimate of drug-likeness (QED) is 0.257. The summed E-state index contributed by atoms with van der Waals surface area (Å²) in [5.41, 5.74) is 0.406. The molecule has 2 aromatic carbocycles. The van der Waals surface area contributed by atoms with Crippen LogP contribution in [0.4, 0.5) is 5.69 Å². The summed E-state index contributed by atoms with van der Waals surface area (Å²) in [7, 11) is 0. The molecule has 9 nitrogen and oxygen atoms in total. The fourth-order valence-electron chi connectivity index (χ4n) is 2.37. The van der Waals surface area contributed by atoms with Crippen molar-refractivity contribution in [3.63, 3.8) is 0 Å². The molecule has 0 fully saturated rings. The van der Waals surface area contributed by atoms with Crippen LogP contribution in [-0.4, -0.2) is 34.4 Å². The van der Waals surface area contributed by atoms with E-state index in [1.54, 1.807) is 36.4 Å². The van der Waals surface area contributed by atoms with Crippen LogP contribution in [0.2, 0.25) is 0 Å². The van der Waals surface area contributed by atoms with Gasteiger partial charge in [0.25, 0.3) is 17.5 Å². The number of hydrogen-bond acceptors (Lipinski definition) is 5. The molecule has 0 bridgehead atoms. The van der Waals surface area contributed by atoms with Gasteiger partial charge in [-0.25, -0.2) is 0 Å². The first kappa shape index (κ1) is 21.3. The number of benzene rings is 2. The number of non-ortho nitro benzene ring substituents is 1. The molecule has 0 spiro atoms. The van der Waals surface area contributed by atoms with Crippen molar-refractivity contribution in [2.24, 2.45) is 0 Å². The molecule has 0 atom stereocenters. The molecule has 0 saturated carbocycles. The Morgan fingerprint density at radius 1 is 1.07 bits per heavy atom. The zero-order chi connectivity index (χ0) is 21.2. The number of amides is 2. The molecule has 2 aromatic rings. The predicted molar refractivity (Wildman–Crippen MR) is 105 cm³/mol. The molecule has 0 unspecified atom stereocenters. The first-order chi connectivity index (χ1) is 13.9. The lowest BCUT2D eigenvalue weighted by Crippen LogP contribution is -2.35. The molecule has 9 heteroatoms. The molecular weight excluding hydrogens is 378 g/mol. The van der Waals surface area contributed by atoms with Crippen LogP contribution >= 0.6 is 0 Å². The largest absolute Gasteiger partial charge is 0.481 e. The number of hydrogen-bond donors (Lipinski definition) is 3. The molecule has 0 aliphatic heterocycles. The van der Waals surface area contributed by atoms with Gasteiger partial charge in [0.05, 0.1) is 4.92 Å². The highest BCUT2D eigenvalue weighted by atomic mass is 16.6. The number of nitrogens with one attached hydrogen (secondary N) is 2. The van der Waals surface area contributed by atoms with E-state index in [9.17, 15) is 24.5 Å². The molecule has 2 amide bonds. The zero-order valence-corrected chi connectivity index (χ0v) is 15.3. The summed E-state index contributed by atoms with van der Waals surface area (Å²) in [6.07, 6.45) is 1.43. The Morgan fingerprint density at radius 2 is 1.79 bits per heavy atom. The van der Waals surface area contributed by atoms with Gasteiger partial charge < -0.3 is 15.7 Å². The van der Waals surface area contributed by atoms with Gasteiger partial charge in [-0.15, -0.1) is 0 Å². The number of carbonyl (C=O) groups excluding carboxylic acids is 2. The van der Waals surface area contributed by atoms with Crippen molar-refractivity contribution in [2.75, 3.05) is 6.54 Å². The Balaban J connectivity index is 2.23. The van der Waals surface area contributed by atoms with Crippen LogP contribution in [0.3, 0.4) is 0 Å². The molecule has 0 aromatic heterocycles. The van der Waals surface area contributed by atoms with Crippen LogP contribution in [0.5, 0.6) is 0 Å². The highest BCUT2D eigenvalue weighted by molar-refractivity contribution is 6.05. The monoisotopic (exact) mass is 397 g/mol. The molecular formula is C20H19N3O6. The van der Waals surface area contributed by atoms with Crippen molar-refractivity contribution >= 4 is 29.5 Å². The maximum absolute atomic E-state index is 12.5. The highest BCUT2D eigenvalue weighted by Crippen LogP contribution is 2.15. The summed E-state index contributed by atoms with van der Waals surface area (Å²) in [6.45, 7) is 0.0959. The molecule has 2 rings (SSSR count). The topological polar surface area (TPSA) is 139 Å². The van der Waals surface area contributed by atoms with E-state index in [1.165, 1.54) is 24.3 Å². The van der Waals surface area contributed by atoms with Crippen LogP contribution in [-0.2, 0) is 9.59 Å². The number of aliphatic carboxylic acids is 1. The van der Waals surface area contributed by atoms with Crippen LogP contribution in [0.25, 0.3) is 6.08 Å². The normalized spacial score (nSPS) is 10.8. The van der Waals surface area contributed by atoms with Crippen molar-refractivity contribution in [3.05, 3.63) is 81.5 Å². The van der Waals surface area contributed by atoms with Gasteiger partial charge in [-0.3, -0.25) is 24.5 Å². The molecule has 29 heavy (non-hydrogen) atoms. The second-order valence-electron chi connectivity index (χ2n) is 5.98. The fraction of sp³-hybridized carbons (Fsp3) is 0.150. The van der Waals surface area contributed by atoms with E-state index >= 15 is 0 Å². The highest BCUT2D eigenvalue weighted by Gasteiger charge is 2.15. The summed E-state index contributed by atoms with van der Waals surface area (Å²) < 4.78 is 0. The fourth-order valence-corrected chi connectivity index (χ4v) is 2.37. The third-order valence-corrected chi connectivity index (χ3v) is 3.77. The van der Waals surface area contributed by atoms with Gasteiger partial charge >= 0.3 is 5.97 Å². The smallest absolute Gasteiger partial charge is 0.303 e. The number of nitrogens with zero attached hydrogens (tertiary/aromatic N) is 1. The number of carboxylic acid groups (broad SMARTS) is 1. The third kappa shape index (κ3) is 6.90. The van der Waals surface area contributed by atoms with E-state index in [2.05, 4.69) is 10.6 Å². The maximum atomic E-state index is 12.5. The summed E-state index contributed by atoms with van der Waals surface area (Å²) >= 11 is 0. The van der Waals surface area contributed by atoms with Gasteiger partial charge in [0.1, 0.15) is 5.70 Å². The Labute approximate surface area is 166 Å². The van der Waals surface area contributed by atoms with Gasteiger partial charge in [0.15, 0.2) is 0 Å². The van der Waals surface area contributed by atoms with E-state index in [4.69, 9.17) is 5.11 Å². The van der Waals surface area contributed by atoms with Crippen LogP contribution in [0, 0.1) is 10.1 Å². The summed E-state index contributed by atoms with van der Waals surface area (Å²) in [4.78, 5) is 45.9. The van der Waals surface area contributed by atoms with Crippen molar-refractivity contribution in [1.82, 2.24) is 10.6 Å². The number of rotatable bonds is 9. The first-order valence-electron chi connectivity index (χ1n) is 8.69. The van der Waals surface area contributed by atoms with E-state index in [0.717, 1.165) is 0 Å². The van der Waals surface area contributed by atoms with Crippen LogP contribution < -0.4 is 10.6 Å². The Bertz CT molecular complexity index is 940. The summed E-state index contributed by atoms with van der Waals surface area (Å²) in [5.74, 6) is -2.14. The predicted octanol–water partition coefficient (Wildman–Crippen LogP) is 2.35.